The monoisotopic (exact) mass is 562 g/mol. The van der Waals surface area contributed by atoms with Gasteiger partial charge in [0.2, 0.25) is 5.91 Å². The summed E-state index contributed by atoms with van der Waals surface area (Å²) in [5.41, 5.74) is 5.07. The Hall–Kier alpha value is -2.13. The van der Waals surface area contributed by atoms with Gasteiger partial charge in [0.25, 0.3) is 0 Å². The number of ether oxygens (including phenoxy) is 1. The summed E-state index contributed by atoms with van der Waals surface area (Å²) in [6.07, 6.45) is 3.17. The predicted molar refractivity (Wildman–Crippen MR) is 143 cm³/mol. The number of amides is 1. The number of halogens is 1. The van der Waals surface area contributed by atoms with Gasteiger partial charge in [-0.3, -0.25) is 9.79 Å². The van der Waals surface area contributed by atoms with Crippen molar-refractivity contribution in [2.45, 2.75) is 38.8 Å². The number of nitrogens with zero attached hydrogens (tertiary/aromatic N) is 2. The third-order valence-corrected chi connectivity index (χ3v) is 6.50. The summed E-state index contributed by atoms with van der Waals surface area (Å²) < 4.78 is 6.13. The van der Waals surface area contributed by atoms with Gasteiger partial charge in [-0.05, 0) is 42.9 Å². The molecule has 178 valence electrons. The minimum Gasteiger partial charge on any atom is -0.373 e. The molecule has 2 aromatic rings. The molecule has 0 bridgehead atoms. The van der Waals surface area contributed by atoms with Crippen molar-refractivity contribution in [3.05, 3.63) is 70.8 Å². The molecule has 0 saturated carbocycles. The second-order valence-electron chi connectivity index (χ2n) is 8.75. The molecule has 2 atom stereocenters. The van der Waals surface area contributed by atoms with Gasteiger partial charge < -0.3 is 20.3 Å². The maximum atomic E-state index is 12.8. The number of hydrogen-bond donors (Lipinski definition) is 2. The summed E-state index contributed by atoms with van der Waals surface area (Å²) in [5, 5.41) is 6.61. The average Bonchev–Trinajstić information content (AvgIpc) is 2.84. The molecule has 2 aromatic carbocycles. The number of carbonyl (C=O) groups is 1. The van der Waals surface area contributed by atoms with Crippen LogP contribution < -0.4 is 10.6 Å². The molecule has 1 fully saturated rings. The highest BCUT2D eigenvalue weighted by atomic mass is 127. The summed E-state index contributed by atoms with van der Waals surface area (Å²) in [7, 11) is 1.74. The van der Waals surface area contributed by atoms with E-state index < -0.39 is 0 Å². The molecule has 2 unspecified atom stereocenters. The molecule has 6 nitrogen and oxygen atoms in total. The van der Waals surface area contributed by atoms with Crippen LogP contribution in [0.3, 0.4) is 0 Å². The van der Waals surface area contributed by atoms with Gasteiger partial charge in [-0.1, -0.05) is 54.1 Å². The second kappa shape index (κ2) is 12.4. The molecule has 1 saturated heterocycles. The minimum absolute atomic E-state index is 0. The van der Waals surface area contributed by atoms with E-state index in [1.54, 1.807) is 7.05 Å². The molecule has 0 aliphatic carbocycles. The fraction of sp³-hybridized carbons (Fsp3) is 0.462. The lowest BCUT2D eigenvalue weighted by molar-refractivity contribution is -0.130. The number of nitrogens with one attached hydrogen (secondary N) is 2. The van der Waals surface area contributed by atoms with Gasteiger partial charge in [0.1, 0.15) is 0 Å². The summed E-state index contributed by atoms with van der Waals surface area (Å²) in [6.45, 7) is 5.34. The number of aliphatic imine (C=N–C) groups is 1. The van der Waals surface area contributed by atoms with Crippen molar-refractivity contribution in [1.82, 2.24) is 15.5 Å². The number of fused-ring (bicyclic) bond motifs is 1. The molecule has 7 heteroatoms. The second-order valence-corrected chi connectivity index (χ2v) is 8.75. The Bertz CT molecular complexity index is 948. The molecule has 4 rings (SSSR count). The van der Waals surface area contributed by atoms with Crippen LogP contribution in [-0.4, -0.2) is 50.1 Å². The predicted octanol–water partition coefficient (Wildman–Crippen LogP) is 3.83. The van der Waals surface area contributed by atoms with E-state index >= 15 is 0 Å². The Morgan fingerprint density at radius 3 is 2.64 bits per heavy atom. The Balaban J connectivity index is 0.00000306. The van der Waals surface area contributed by atoms with Crippen LogP contribution in [-0.2, 0) is 22.5 Å². The summed E-state index contributed by atoms with van der Waals surface area (Å²) in [6, 6.07) is 17.0. The number of guanidine groups is 1. The first-order chi connectivity index (χ1) is 15.6. The van der Waals surface area contributed by atoms with Gasteiger partial charge >= 0.3 is 0 Å². The van der Waals surface area contributed by atoms with Gasteiger partial charge in [-0.25, -0.2) is 0 Å². The van der Waals surface area contributed by atoms with Crippen LogP contribution in [0, 0.1) is 12.8 Å². The first-order valence-electron chi connectivity index (χ1n) is 11.6. The molecule has 2 heterocycles. The highest BCUT2D eigenvalue weighted by molar-refractivity contribution is 14.0. The van der Waals surface area contributed by atoms with Crippen molar-refractivity contribution < 1.29 is 9.53 Å². The molecule has 0 spiro atoms. The SMILES string of the molecule is CN=C(NCC(=O)N1CCc2ccccc2C1)NCC1CCCOC1c1ccc(C)cc1.I. The third-order valence-electron chi connectivity index (χ3n) is 6.50. The highest BCUT2D eigenvalue weighted by Crippen LogP contribution is 2.33. The van der Waals surface area contributed by atoms with Crippen LogP contribution in [0.4, 0.5) is 0 Å². The smallest absolute Gasteiger partial charge is 0.242 e. The van der Waals surface area contributed by atoms with Gasteiger partial charge in [0, 0.05) is 39.2 Å². The normalized spacial score (nSPS) is 20.4. The van der Waals surface area contributed by atoms with Crippen LogP contribution in [0.25, 0.3) is 0 Å². The van der Waals surface area contributed by atoms with Crippen LogP contribution >= 0.6 is 24.0 Å². The van der Waals surface area contributed by atoms with E-state index in [1.807, 2.05) is 11.0 Å². The molecule has 0 aromatic heterocycles. The molecular weight excluding hydrogens is 527 g/mol. The molecule has 2 N–H and O–H groups in total. The van der Waals surface area contributed by atoms with Gasteiger partial charge in [0.15, 0.2) is 5.96 Å². The largest absolute Gasteiger partial charge is 0.373 e. The van der Waals surface area contributed by atoms with E-state index in [0.29, 0.717) is 18.4 Å². The summed E-state index contributed by atoms with van der Waals surface area (Å²) >= 11 is 0. The zero-order valence-electron chi connectivity index (χ0n) is 19.5. The summed E-state index contributed by atoms with van der Waals surface area (Å²) in [4.78, 5) is 19.0. The number of benzene rings is 2. The van der Waals surface area contributed by atoms with E-state index in [4.69, 9.17) is 4.74 Å². The minimum atomic E-state index is 0. The Morgan fingerprint density at radius 2 is 1.88 bits per heavy atom. The number of aryl methyl sites for hydroxylation is 1. The van der Waals surface area contributed by atoms with Crippen molar-refractivity contribution in [1.29, 1.82) is 0 Å². The Morgan fingerprint density at radius 1 is 1.12 bits per heavy atom. The van der Waals surface area contributed by atoms with E-state index in [-0.39, 0.29) is 42.5 Å². The maximum absolute atomic E-state index is 12.8. The van der Waals surface area contributed by atoms with Gasteiger partial charge in [-0.2, -0.15) is 0 Å². The van der Waals surface area contributed by atoms with Crippen LogP contribution in [0.1, 0.15) is 41.2 Å². The number of carbonyl (C=O) groups excluding carboxylic acids is 1. The lowest BCUT2D eigenvalue weighted by Gasteiger charge is -2.33. The van der Waals surface area contributed by atoms with Crippen molar-refractivity contribution in [3.8, 4) is 0 Å². The summed E-state index contributed by atoms with van der Waals surface area (Å²) in [5.74, 6) is 1.12. The Kier molecular flexibility index (Phi) is 9.55. The lowest BCUT2D eigenvalue weighted by Crippen LogP contribution is -2.47. The van der Waals surface area contributed by atoms with Crippen molar-refractivity contribution in [2.24, 2.45) is 10.9 Å². The number of rotatable bonds is 5. The third kappa shape index (κ3) is 6.69. The first-order valence-corrected chi connectivity index (χ1v) is 11.6. The van der Waals surface area contributed by atoms with Crippen LogP contribution in [0.5, 0.6) is 0 Å². The molecule has 0 radical (unpaired) electrons. The number of hydrogen-bond acceptors (Lipinski definition) is 3. The average molecular weight is 562 g/mol. The highest BCUT2D eigenvalue weighted by Gasteiger charge is 2.27. The van der Waals surface area contributed by atoms with Gasteiger partial charge in [0.05, 0.1) is 12.6 Å². The lowest BCUT2D eigenvalue weighted by atomic mass is 9.89. The zero-order chi connectivity index (χ0) is 22.3. The van der Waals surface area contributed by atoms with Gasteiger partial charge in [-0.15, -0.1) is 24.0 Å². The zero-order valence-corrected chi connectivity index (χ0v) is 21.9. The standard InChI is InChI=1S/C26H34N4O2.HI/c1-19-9-11-21(12-10-19)25-22(8-5-15-32-25)16-28-26(27-2)29-17-24(31)30-14-13-20-6-3-4-7-23(20)18-30;/h3-4,6-7,9-12,22,25H,5,8,13-18H2,1-2H3,(H2,27,28,29);1H. The van der Waals surface area contributed by atoms with E-state index in [0.717, 1.165) is 39.0 Å². The maximum Gasteiger partial charge on any atom is 0.242 e. The van der Waals surface area contributed by atoms with Crippen molar-refractivity contribution in [2.75, 3.05) is 33.3 Å². The van der Waals surface area contributed by atoms with E-state index in [9.17, 15) is 4.79 Å². The van der Waals surface area contributed by atoms with Crippen molar-refractivity contribution in [3.63, 3.8) is 0 Å². The molecule has 2 aliphatic rings. The van der Waals surface area contributed by atoms with Crippen LogP contribution in [0.15, 0.2) is 53.5 Å². The first kappa shape index (κ1) is 25.5. The molecular formula is C26H35IN4O2. The fourth-order valence-corrected chi connectivity index (χ4v) is 4.61. The quantitative estimate of drug-likeness (QED) is 0.331. The molecule has 2 aliphatic heterocycles. The topological polar surface area (TPSA) is 66.0 Å². The molecule has 1 amide bonds. The van der Waals surface area contributed by atoms with Crippen LogP contribution in [0.2, 0.25) is 0 Å². The molecule has 33 heavy (non-hydrogen) atoms. The Labute approximate surface area is 214 Å². The van der Waals surface area contributed by atoms with E-state index in [2.05, 4.69) is 65.0 Å². The van der Waals surface area contributed by atoms with Crippen molar-refractivity contribution >= 4 is 35.8 Å². The fourth-order valence-electron chi connectivity index (χ4n) is 4.61. The van der Waals surface area contributed by atoms with E-state index in [1.165, 1.54) is 22.3 Å².